The summed E-state index contributed by atoms with van der Waals surface area (Å²) in [4.78, 5) is 30.2. The van der Waals surface area contributed by atoms with Gasteiger partial charge in [0.25, 0.3) is 5.91 Å². The summed E-state index contributed by atoms with van der Waals surface area (Å²) in [5, 5.41) is 9.14. The van der Waals surface area contributed by atoms with Crippen LogP contribution in [0.2, 0.25) is 0 Å². The lowest BCUT2D eigenvalue weighted by Crippen LogP contribution is -2.30. The highest BCUT2D eigenvalue weighted by molar-refractivity contribution is 7.20. The fraction of sp³-hybridized carbons (Fsp3) is 0.0952. The molecule has 0 unspecified atom stereocenters. The summed E-state index contributed by atoms with van der Waals surface area (Å²) in [6.07, 6.45) is -0.946. The van der Waals surface area contributed by atoms with Crippen LogP contribution in [0.5, 0.6) is 0 Å². The molecule has 2 aromatic heterocycles. The molecule has 0 spiro atoms. The van der Waals surface area contributed by atoms with Gasteiger partial charge < -0.3 is 10.1 Å². The van der Waals surface area contributed by atoms with E-state index in [-0.39, 0.29) is 5.69 Å². The summed E-state index contributed by atoms with van der Waals surface area (Å²) in [6, 6.07) is 17.3. The monoisotopic (exact) mass is 408 g/mol. The molecule has 2 heterocycles. The summed E-state index contributed by atoms with van der Waals surface area (Å²) >= 11 is 2.93. The zero-order chi connectivity index (χ0) is 19.5. The standard InChI is InChI=1S/C21H16N2O3S2/c1-13(19(24)22-16-9-4-7-14-6-2-3-8-15(14)16)26-21(25)17-12-28-20(23-17)18-10-5-11-27-18/h2-13H,1H3,(H,22,24)/t13-/m1/s1. The van der Waals surface area contributed by atoms with E-state index in [4.69, 9.17) is 4.74 Å². The van der Waals surface area contributed by atoms with Crippen LogP contribution in [0.1, 0.15) is 17.4 Å². The Morgan fingerprint density at radius 2 is 1.86 bits per heavy atom. The van der Waals surface area contributed by atoms with E-state index < -0.39 is 18.0 Å². The molecule has 0 radical (unpaired) electrons. The van der Waals surface area contributed by atoms with Gasteiger partial charge in [-0.05, 0) is 29.8 Å². The molecule has 0 aliphatic rings. The van der Waals surface area contributed by atoms with E-state index in [2.05, 4.69) is 10.3 Å². The molecule has 0 saturated carbocycles. The average Bonchev–Trinajstić information content (AvgIpc) is 3.40. The number of benzene rings is 2. The van der Waals surface area contributed by atoms with E-state index >= 15 is 0 Å². The lowest BCUT2D eigenvalue weighted by Gasteiger charge is -2.14. The number of carbonyl (C=O) groups excluding carboxylic acids is 2. The van der Waals surface area contributed by atoms with Crippen LogP contribution in [0.3, 0.4) is 0 Å². The Bertz CT molecular complexity index is 1130. The molecule has 1 N–H and O–H groups in total. The number of aromatic nitrogens is 1. The molecule has 28 heavy (non-hydrogen) atoms. The van der Waals surface area contributed by atoms with E-state index in [1.165, 1.54) is 11.3 Å². The first-order valence-electron chi connectivity index (χ1n) is 8.61. The molecule has 1 amide bonds. The number of thiazole rings is 1. The van der Waals surface area contributed by atoms with Gasteiger partial charge in [-0.25, -0.2) is 9.78 Å². The van der Waals surface area contributed by atoms with Crippen LogP contribution in [0, 0.1) is 0 Å². The van der Waals surface area contributed by atoms with E-state index in [1.807, 2.05) is 60.0 Å². The third-order valence-electron chi connectivity index (χ3n) is 4.15. The van der Waals surface area contributed by atoms with Crippen LogP contribution < -0.4 is 5.32 Å². The number of ether oxygens (including phenoxy) is 1. The zero-order valence-electron chi connectivity index (χ0n) is 14.9. The number of esters is 1. The van der Waals surface area contributed by atoms with Gasteiger partial charge in [0.1, 0.15) is 5.01 Å². The van der Waals surface area contributed by atoms with Crippen LogP contribution >= 0.6 is 22.7 Å². The summed E-state index contributed by atoms with van der Waals surface area (Å²) in [5.74, 6) is -1.00. The Morgan fingerprint density at radius 1 is 1.04 bits per heavy atom. The van der Waals surface area contributed by atoms with Crippen molar-refractivity contribution in [2.75, 3.05) is 5.32 Å². The van der Waals surface area contributed by atoms with Gasteiger partial charge in [0.2, 0.25) is 0 Å². The van der Waals surface area contributed by atoms with Gasteiger partial charge in [-0.15, -0.1) is 22.7 Å². The topological polar surface area (TPSA) is 68.3 Å². The molecule has 4 rings (SSSR count). The fourth-order valence-electron chi connectivity index (χ4n) is 2.72. The minimum Gasteiger partial charge on any atom is -0.448 e. The number of amides is 1. The van der Waals surface area contributed by atoms with Crippen molar-refractivity contribution in [2.24, 2.45) is 0 Å². The van der Waals surface area contributed by atoms with Crippen molar-refractivity contribution in [2.45, 2.75) is 13.0 Å². The predicted molar refractivity (Wildman–Crippen MR) is 113 cm³/mol. The number of hydrogen-bond donors (Lipinski definition) is 1. The van der Waals surface area contributed by atoms with Crippen molar-refractivity contribution in [3.63, 3.8) is 0 Å². The Balaban J connectivity index is 1.43. The number of thiophene rings is 1. The van der Waals surface area contributed by atoms with Gasteiger partial charge in [-0.1, -0.05) is 42.5 Å². The Hall–Kier alpha value is -3.03. The van der Waals surface area contributed by atoms with Crippen molar-refractivity contribution < 1.29 is 14.3 Å². The van der Waals surface area contributed by atoms with Crippen LogP contribution in [0.25, 0.3) is 20.7 Å². The second kappa shape index (κ2) is 7.92. The molecule has 2 aromatic carbocycles. The lowest BCUT2D eigenvalue weighted by atomic mass is 10.1. The van der Waals surface area contributed by atoms with Gasteiger partial charge in [0.05, 0.1) is 4.88 Å². The molecular formula is C21H16N2O3S2. The highest BCUT2D eigenvalue weighted by Crippen LogP contribution is 2.28. The highest BCUT2D eigenvalue weighted by atomic mass is 32.1. The molecule has 0 bridgehead atoms. The van der Waals surface area contributed by atoms with Crippen LogP contribution in [0.4, 0.5) is 5.69 Å². The van der Waals surface area contributed by atoms with Crippen molar-refractivity contribution in [1.29, 1.82) is 0 Å². The predicted octanol–water partition coefficient (Wildman–Crippen LogP) is 5.21. The minimum atomic E-state index is -0.946. The van der Waals surface area contributed by atoms with E-state index in [0.717, 1.165) is 20.7 Å². The molecule has 4 aromatic rings. The van der Waals surface area contributed by atoms with E-state index in [9.17, 15) is 9.59 Å². The van der Waals surface area contributed by atoms with Crippen molar-refractivity contribution >= 4 is 51.0 Å². The van der Waals surface area contributed by atoms with Gasteiger partial charge in [0, 0.05) is 16.5 Å². The quantitative estimate of drug-likeness (QED) is 0.460. The van der Waals surface area contributed by atoms with Crippen LogP contribution in [0.15, 0.2) is 65.4 Å². The number of nitrogens with one attached hydrogen (secondary N) is 1. The first-order valence-corrected chi connectivity index (χ1v) is 10.4. The molecule has 5 nitrogen and oxygen atoms in total. The third kappa shape index (κ3) is 3.81. The normalized spacial score (nSPS) is 11.9. The molecular weight excluding hydrogens is 392 g/mol. The smallest absolute Gasteiger partial charge is 0.358 e. The SMILES string of the molecule is C[C@@H](OC(=O)c1csc(-c2cccs2)n1)C(=O)Nc1cccc2ccccc12. The Labute approximate surface area is 169 Å². The van der Waals surface area contributed by atoms with Gasteiger partial charge in [-0.2, -0.15) is 0 Å². The third-order valence-corrected chi connectivity index (χ3v) is 6.03. The van der Waals surface area contributed by atoms with E-state index in [1.54, 1.807) is 23.6 Å². The second-order valence-electron chi connectivity index (χ2n) is 6.08. The average molecular weight is 409 g/mol. The van der Waals surface area contributed by atoms with Gasteiger partial charge in [-0.3, -0.25) is 4.79 Å². The van der Waals surface area contributed by atoms with Crippen LogP contribution in [-0.2, 0) is 9.53 Å². The maximum Gasteiger partial charge on any atom is 0.358 e. The van der Waals surface area contributed by atoms with Crippen LogP contribution in [-0.4, -0.2) is 23.0 Å². The van der Waals surface area contributed by atoms with Gasteiger partial charge >= 0.3 is 5.97 Å². The molecule has 140 valence electrons. The highest BCUT2D eigenvalue weighted by Gasteiger charge is 2.21. The molecule has 0 fully saturated rings. The minimum absolute atomic E-state index is 0.207. The number of nitrogens with zero attached hydrogens (tertiary/aromatic N) is 1. The number of fused-ring (bicyclic) bond motifs is 1. The summed E-state index contributed by atoms with van der Waals surface area (Å²) in [6.45, 7) is 1.55. The lowest BCUT2D eigenvalue weighted by molar-refractivity contribution is -0.123. The molecule has 0 saturated heterocycles. The first-order chi connectivity index (χ1) is 13.6. The van der Waals surface area contributed by atoms with Crippen molar-refractivity contribution in [3.05, 3.63) is 71.1 Å². The maximum atomic E-state index is 12.5. The second-order valence-corrected chi connectivity index (χ2v) is 7.88. The summed E-state index contributed by atoms with van der Waals surface area (Å²) < 4.78 is 5.31. The number of hydrogen-bond acceptors (Lipinski definition) is 6. The van der Waals surface area contributed by atoms with Crippen molar-refractivity contribution in [3.8, 4) is 9.88 Å². The number of rotatable bonds is 5. The summed E-state index contributed by atoms with van der Waals surface area (Å²) in [5.41, 5.74) is 0.887. The first kappa shape index (κ1) is 18.3. The Morgan fingerprint density at radius 3 is 2.68 bits per heavy atom. The molecule has 0 aliphatic heterocycles. The van der Waals surface area contributed by atoms with Crippen molar-refractivity contribution in [1.82, 2.24) is 4.98 Å². The van der Waals surface area contributed by atoms with E-state index in [0.29, 0.717) is 5.69 Å². The Kier molecular flexibility index (Phi) is 5.18. The van der Waals surface area contributed by atoms with Gasteiger partial charge in [0.15, 0.2) is 11.8 Å². The number of anilines is 1. The maximum absolute atomic E-state index is 12.5. The zero-order valence-corrected chi connectivity index (χ0v) is 16.5. The molecule has 7 heteroatoms. The largest absolute Gasteiger partial charge is 0.448 e. The molecule has 1 atom stereocenters. The molecule has 0 aliphatic carbocycles. The summed E-state index contributed by atoms with van der Waals surface area (Å²) in [7, 11) is 0. The fourth-order valence-corrected chi connectivity index (χ4v) is 4.33. The number of carbonyl (C=O) groups is 2.